The van der Waals surface area contributed by atoms with Crippen LogP contribution in [-0.2, 0) is 17.8 Å². The largest absolute Gasteiger partial charge is 0.504 e. The SMILES string of the molecule is O=C(CSc1nc2ccccc2c(=O)n1CC1CCC(C(=O)NCCc2ccccc2)CC1)c1ccc(O)c(O)c1. The number of hydrogen-bond acceptors (Lipinski definition) is 7. The molecule has 41 heavy (non-hydrogen) atoms. The van der Waals surface area contributed by atoms with Gasteiger partial charge in [0.2, 0.25) is 5.91 Å². The molecule has 0 atom stereocenters. The first-order valence-corrected chi connectivity index (χ1v) is 14.9. The fourth-order valence-corrected chi connectivity index (χ4v) is 6.22. The molecular formula is C32H33N3O5S. The third-order valence-corrected chi connectivity index (χ3v) is 8.65. The van der Waals surface area contributed by atoms with Gasteiger partial charge in [-0.3, -0.25) is 19.0 Å². The van der Waals surface area contributed by atoms with Crippen LogP contribution in [-0.4, -0.2) is 43.8 Å². The molecule has 1 heterocycles. The van der Waals surface area contributed by atoms with Gasteiger partial charge in [-0.1, -0.05) is 54.2 Å². The van der Waals surface area contributed by atoms with E-state index in [1.807, 2.05) is 30.3 Å². The molecule has 1 aliphatic rings. The molecule has 1 amide bonds. The van der Waals surface area contributed by atoms with Crippen LogP contribution in [0.5, 0.6) is 11.5 Å². The molecule has 0 aliphatic heterocycles. The summed E-state index contributed by atoms with van der Waals surface area (Å²) in [5.41, 5.74) is 1.89. The minimum absolute atomic E-state index is 0.0187. The maximum atomic E-state index is 13.5. The lowest BCUT2D eigenvalue weighted by Gasteiger charge is -2.28. The van der Waals surface area contributed by atoms with Crippen molar-refractivity contribution in [3.05, 3.63) is 94.3 Å². The predicted octanol–water partition coefficient (Wildman–Crippen LogP) is 4.95. The molecule has 1 aromatic heterocycles. The van der Waals surface area contributed by atoms with Crippen LogP contribution in [0.25, 0.3) is 10.9 Å². The van der Waals surface area contributed by atoms with E-state index in [9.17, 15) is 24.6 Å². The van der Waals surface area contributed by atoms with Gasteiger partial charge in [0.1, 0.15) is 0 Å². The molecular weight excluding hydrogens is 538 g/mol. The van der Waals surface area contributed by atoms with E-state index in [0.717, 1.165) is 32.1 Å². The summed E-state index contributed by atoms with van der Waals surface area (Å²) >= 11 is 1.18. The number of thioether (sulfide) groups is 1. The molecule has 1 fully saturated rings. The minimum Gasteiger partial charge on any atom is -0.504 e. The molecule has 0 saturated heterocycles. The van der Waals surface area contributed by atoms with Crippen molar-refractivity contribution in [1.29, 1.82) is 0 Å². The number of rotatable bonds is 10. The van der Waals surface area contributed by atoms with Crippen molar-refractivity contribution in [2.75, 3.05) is 12.3 Å². The fraction of sp³-hybridized carbons (Fsp3) is 0.312. The number of nitrogens with one attached hydrogen (secondary N) is 1. The third kappa shape index (κ3) is 6.97. The summed E-state index contributed by atoms with van der Waals surface area (Å²) < 4.78 is 1.67. The monoisotopic (exact) mass is 571 g/mol. The van der Waals surface area contributed by atoms with E-state index in [4.69, 9.17) is 4.98 Å². The first kappa shape index (κ1) is 28.4. The Bertz CT molecular complexity index is 1600. The van der Waals surface area contributed by atoms with Crippen molar-refractivity contribution >= 4 is 34.4 Å². The number of carbonyl (C=O) groups is 2. The summed E-state index contributed by atoms with van der Waals surface area (Å²) in [6.07, 6.45) is 3.99. The number of phenols is 2. The Morgan fingerprint density at radius 1 is 0.927 bits per heavy atom. The number of phenolic OH excluding ortho intramolecular Hbond substituents is 2. The second kappa shape index (κ2) is 13.0. The molecule has 0 radical (unpaired) electrons. The molecule has 9 heteroatoms. The maximum absolute atomic E-state index is 13.5. The van der Waals surface area contributed by atoms with Crippen LogP contribution < -0.4 is 10.9 Å². The lowest BCUT2D eigenvalue weighted by atomic mass is 9.81. The number of ketones is 1. The lowest BCUT2D eigenvalue weighted by molar-refractivity contribution is -0.126. The minimum atomic E-state index is -0.359. The van der Waals surface area contributed by atoms with Gasteiger partial charge in [0.25, 0.3) is 5.56 Å². The average Bonchev–Trinajstić information content (AvgIpc) is 2.99. The Morgan fingerprint density at radius 3 is 2.41 bits per heavy atom. The zero-order valence-corrected chi connectivity index (χ0v) is 23.5. The van der Waals surface area contributed by atoms with E-state index in [1.54, 1.807) is 16.7 Å². The number of amides is 1. The highest BCUT2D eigenvalue weighted by Crippen LogP contribution is 2.31. The maximum Gasteiger partial charge on any atom is 0.262 e. The van der Waals surface area contributed by atoms with Crippen molar-refractivity contribution in [1.82, 2.24) is 14.9 Å². The van der Waals surface area contributed by atoms with Crippen LogP contribution in [0.3, 0.4) is 0 Å². The highest BCUT2D eigenvalue weighted by molar-refractivity contribution is 7.99. The second-order valence-corrected chi connectivity index (χ2v) is 11.4. The topological polar surface area (TPSA) is 122 Å². The Morgan fingerprint density at radius 2 is 1.66 bits per heavy atom. The quantitative estimate of drug-likeness (QED) is 0.107. The van der Waals surface area contributed by atoms with Crippen LogP contribution in [0, 0.1) is 11.8 Å². The molecule has 5 rings (SSSR count). The Labute approximate surface area is 242 Å². The number of benzene rings is 3. The molecule has 0 spiro atoms. The van der Waals surface area contributed by atoms with Crippen molar-refractivity contribution in [3.63, 3.8) is 0 Å². The molecule has 3 N–H and O–H groups in total. The highest BCUT2D eigenvalue weighted by atomic mass is 32.2. The zero-order valence-electron chi connectivity index (χ0n) is 22.7. The van der Waals surface area contributed by atoms with Gasteiger partial charge in [-0.05, 0) is 73.9 Å². The van der Waals surface area contributed by atoms with Gasteiger partial charge in [-0.15, -0.1) is 0 Å². The van der Waals surface area contributed by atoms with Crippen molar-refractivity contribution in [2.45, 2.75) is 43.8 Å². The summed E-state index contributed by atoms with van der Waals surface area (Å²) in [5.74, 6) is -0.599. The Kier molecular flexibility index (Phi) is 9.04. The number of nitrogens with zero attached hydrogens (tertiary/aromatic N) is 2. The molecule has 1 aliphatic carbocycles. The number of carbonyl (C=O) groups excluding carboxylic acids is 2. The van der Waals surface area contributed by atoms with Gasteiger partial charge in [0, 0.05) is 24.6 Å². The number of aromatic nitrogens is 2. The average molecular weight is 572 g/mol. The van der Waals surface area contributed by atoms with E-state index in [0.29, 0.717) is 29.1 Å². The summed E-state index contributed by atoms with van der Waals surface area (Å²) in [6.45, 7) is 1.08. The van der Waals surface area contributed by atoms with Crippen LogP contribution in [0.1, 0.15) is 41.6 Å². The third-order valence-electron chi connectivity index (χ3n) is 7.67. The zero-order chi connectivity index (χ0) is 28.8. The molecule has 3 aromatic carbocycles. The molecule has 4 aromatic rings. The summed E-state index contributed by atoms with van der Waals surface area (Å²) in [4.78, 5) is 43.8. The highest BCUT2D eigenvalue weighted by Gasteiger charge is 2.27. The molecule has 0 bridgehead atoms. The van der Waals surface area contributed by atoms with E-state index in [2.05, 4.69) is 17.4 Å². The van der Waals surface area contributed by atoms with Crippen molar-refractivity contribution in [2.24, 2.45) is 11.8 Å². The smallest absolute Gasteiger partial charge is 0.262 e. The van der Waals surface area contributed by atoms with E-state index in [1.165, 1.54) is 35.5 Å². The first-order chi connectivity index (χ1) is 19.9. The first-order valence-electron chi connectivity index (χ1n) is 13.9. The predicted molar refractivity (Wildman–Crippen MR) is 159 cm³/mol. The van der Waals surface area contributed by atoms with Crippen LogP contribution in [0.4, 0.5) is 0 Å². The number of aromatic hydroxyl groups is 2. The van der Waals surface area contributed by atoms with Gasteiger partial charge in [0.15, 0.2) is 22.4 Å². The summed E-state index contributed by atoms with van der Waals surface area (Å²) in [6, 6.07) is 21.2. The van der Waals surface area contributed by atoms with Gasteiger partial charge in [-0.2, -0.15) is 0 Å². The summed E-state index contributed by atoms with van der Waals surface area (Å²) in [5, 5.41) is 23.4. The number of Topliss-reactive ketones (excluding diaryl/α,β-unsaturated/α-hetero) is 1. The van der Waals surface area contributed by atoms with Crippen LogP contribution in [0.15, 0.2) is 82.7 Å². The fourth-order valence-electron chi connectivity index (χ4n) is 5.31. The van der Waals surface area contributed by atoms with Gasteiger partial charge in [0.05, 0.1) is 16.7 Å². The van der Waals surface area contributed by atoms with Gasteiger partial charge < -0.3 is 15.5 Å². The standard InChI is InChI=1S/C32H33N3O5S/c36-27-15-14-24(18-28(27)37)29(38)20-41-32-34-26-9-5-4-8-25(26)31(40)35(32)19-22-10-12-23(13-11-22)30(39)33-17-16-21-6-2-1-3-7-21/h1-9,14-15,18,22-23,36-37H,10-13,16-17,19-20H2,(H,33,39). The van der Waals surface area contributed by atoms with E-state index >= 15 is 0 Å². The number of para-hydroxylation sites is 1. The molecule has 8 nitrogen and oxygen atoms in total. The molecule has 1 saturated carbocycles. The molecule has 0 unspecified atom stereocenters. The van der Waals surface area contributed by atoms with Crippen molar-refractivity contribution < 1.29 is 19.8 Å². The van der Waals surface area contributed by atoms with E-state index < -0.39 is 0 Å². The second-order valence-electron chi connectivity index (χ2n) is 10.5. The Hall–Kier alpha value is -4.11. The van der Waals surface area contributed by atoms with Gasteiger partial charge in [-0.25, -0.2) is 4.98 Å². The van der Waals surface area contributed by atoms with Crippen LogP contribution in [0.2, 0.25) is 0 Å². The lowest BCUT2D eigenvalue weighted by Crippen LogP contribution is -2.35. The summed E-state index contributed by atoms with van der Waals surface area (Å²) in [7, 11) is 0. The van der Waals surface area contributed by atoms with E-state index in [-0.39, 0.29) is 51.9 Å². The Balaban J connectivity index is 1.23. The van der Waals surface area contributed by atoms with Crippen molar-refractivity contribution in [3.8, 4) is 11.5 Å². The molecule has 212 valence electrons. The van der Waals surface area contributed by atoms with Crippen LogP contribution >= 0.6 is 11.8 Å². The number of fused-ring (bicyclic) bond motifs is 1. The normalized spacial score (nSPS) is 16.9. The number of hydrogen-bond donors (Lipinski definition) is 3. The van der Waals surface area contributed by atoms with Gasteiger partial charge >= 0.3 is 0 Å².